The maximum absolute atomic E-state index is 5.37. The summed E-state index contributed by atoms with van der Waals surface area (Å²) in [4.78, 5) is 0. The molecular weight excluding hydrogens is 174 g/mol. The van der Waals surface area contributed by atoms with E-state index in [2.05, 4.69) is 32.2 Å². The Balaban J connectivity index is 2.19. The van der Waals surface area contributed by atoms with Gasteiger partial charge in [-0.3, -0.25) is 0 Å². The third kappa shape index (κ3) is 4.25. The quantitative estimate of drug-likeness (QED) is 0.552. The molecule has 1 aliphatic heterocycles. The minimum atomic E-state index is 0.452. The molecule has 0 spiro atoms. The molecule has 82 valence electrons. The predicted molar refractivity (Wildman–Crippen MR) is 60.5 cm³/mol. The number of ether oxygens (including phenoxy) is 1. The van der Waals surface area contributed by atoms with Crippen LogP contribution in [-0.2, 0) is 4.74 Å². The van der Waals surface area contributed by atoms with Gasteiger partial charge in [-0.05, 0) is 32.1 Å². The Morgan fingerprint density at radius 2 is 2.00 bits per heavy atom. The summed E-state index contributed by atoms with van der Waals surface area (Å²) < 4.78 is 5.37. The Hall–Kier alpha value is -0.340. The first-order valence-corrected chi connectivity index (χ1v) is 5.54. The van der Waals surface area contributed by atoms with Gasteiger partial charge < -0.3 is 10.1 Å². The molecule has 1 N–H and O–H groups in total. The number of nitrogens with one attached hydrogen (secondary N) is 1. The molecule has 1 saturated heterocycles. The van der Waals surface area contributed by atoms with Gasteiger partial charge in [-0.2, -0.15) is 0 Å². The van der Waals surface area contributed by atoms with Gasteiger partial charge in [-0.1, -0.05) is 18.6 Å². The summed E-state index contributed by atoms with van der Waals surface area (Å²) in [6, 6.07) is 0. The van der Waals surface area contributed by atoms with Crippen molar-refractivity contribution in [2.75, 3.05) is 26.3 Å². The normalized spacial score (nSPS) is 20.5. The van der Waals surface area contributed by atoms with Gasteiger partial charge in [0, 0.05) is 26.3 Å². The molecule has 1 aliphatic rings. The van der Waals surface area contributed by atoms with E-state index in [0.717, 1.165) is 26.3 Å². The smallest absolute Gasteiger partial charge is 0.0471 e. The van der Waals surface area contributed by atoms with E-state index in [4.69, 9.17) is 4.74 Å². The second kappa shape index (κ2) is 5.52. The fourth-order valence-corrected chi connectivity index (χ4v) is 1.69. The molecule has 14 heavy (non-hydrogen) atoms. The molecule has 2 nitrogen and oxygen atoms in total. The Bertz CT molecular complexity index is 188. The van der Waals surface area contributed by atoms with Gasteiger partial charge in [0.25, 0.3) is 0 Å². The first-order chi connectivity index (χ1) is 6.62. The minimum Gasteiger partial charge on any atom is -0.381 e. The van der Waals surface area contributed by atoms with E-state index in [1.165, 1.54) is 18.4 Å². The summed E-state index contributed by atoms with van der Waals surface area (Å²) in [5, 5.41) is 3.50. The van der Waals surface area contributed by atoms with Crippen LogP contribution >= 0.6 is 0 Å². The fourth-order valence-electron chi connectivity index (χ4n) is 1.69. The van der Waals surface area contributed by atoms with E-state index >= 15 is 0 Å². The van der Waals surface area contributed by atoms with E-state index < -0.39 is 0 Å². The zero-order chi connectivity index (χ0) is 10.4. The number of hydrogen-bond donors (Lipinski definition) is 1. The first-order valence-electron chi connectivity index (χ1n) is 5.54. The molecule has 0 amide bonds. The highest BCUT2D eigenvalue weighted by atomic mass is 16.5. The SMILES string of the molecule is CC(C)=CCNCC1(C)CCOCC1. The van der Waals surface area contributed by atoms with Crippen LogP contribution in [-0.4, -0.2) is 26.3 Å². The van der Waals surface area contributed by atoms with Gasteiger partial charge in [0.05, 0.1) is 0 Å². The maximum atomic E-state index is 5.37. The van der Waals surface area contributed by atoms with Crippen molar-refractivity contribution in [2.45, 2.75) is 33.6 Å². The number of rotatable bonds is 4. The van der Waals surface area contributed by atoms with Crippen LogP contribution < -0.4 is 5.32 Å². The molecule has 1 heterocycles. The van der Waals surface area contributed by atoms with Crippen LogP contribution in [0.15, 0.2) is 11.6 Å². The zero-order valence-electron chi connectivity index (χ0n) is 9.73. The lowest BCUT2D eigenvalue weighted by atomic mass is 9.82. The standard InChI is InChI=1S/C12H23NO/c1-11(2)4-7-13-10-12(3)5-8-14-9-6-12/h4,13H,5-10H2,1-3H3. The van der Waals surface area contributed by atoms with Crippen molar-refractivity contribution < 1.29 is 4.74 Å². The summed E-state index contributed by atoms with van der Waals surface area (Å²) in [5.74, 6) is 0. The average molecular weight is 197 g/mol. The lowest BCUT2D eigenvalue weighted by Crippen LogP contribution is -2.36. The van der Waals surface area contributed by atoms with Crippen LogP contribution in [0.2, 0.25) is 0 Å². The molecule has 0 aromatic carbocycles. The van der Waals surface area contributed by atoms with Crippen LogP contribution in [0.4, 0.5) is 0 Å². The molecule has 1 rings (SSSR count). The summed E-state index contributed by atoms with van der Waals surface area (Å²) in [6.07, 6.45) is 4.62. The van der Waals surface area contributed by atoms with Gasteiger partial charge in [0.1, 0.15) is 0 Å². The van der Waals surface area contributed by atoms with E-state index in [9.17, 15) is 0 Å². The van der Waals surface area contributed by atoms with Gasteiger partial charge in [-0.25, -0.2) is 0 Å². The van der Waals surface area contributed by atoms with E-state index in [0.29, 0.717) is 5.41 Å². The second-order valence-corrected chi connectivity index (χ2v) is 4.84. The fraction of sp³-hybridized carbons (Fsp3) is 0.833. The van der Waals surface area contributed by atoms with Crippen molar-refractivity contribution >= 4 is 0 Å². The summed E-state index contributed by atoms with van der Waals surface area (Å²) in [7, 11) is 0. The van der Waals surface area contributed by atoms with Crippen LogP contribution in [0.3, 0.4) is 0 Å². The Morgan fingerprint density at radius 1 is 1.36 bits per heavy atom. The van der Waals surface area contributed by atoms with Gasteiger partial charge in [0.15, 0.2) is 0 Å². The third-order valence-corrected chi connectivity index (χ3v) is 2.91. The lowest BCUT2D eigenvalue weighted by molar-refractivity contribution is 0.0245. The lowest BCUT2D eigenvalue weighted by Gasteiger charge is -2.33. The molecule has 0 radical (unpaired) electrons. The first kappa shape index (κ1) is 11.7. The highest BCUT2D eigenvalue weighted by Gasteiger charge is 2.26. The van der Waals surface area contributed by atoms with Crippen LogP contribution in [0, 0.1) is 5.41 Å². The molecule has 0 aliphatic carbocycles. The monoisotopic (exact) mass is 197 g/mol. The van der Waals surface area contributed by atoms with E-state index in [-0.39, 0.29) is 0 Å². The van der Waals surface area contributed by atoms with Crippen molar-refractivity contribution in [3.8, 4) is 0 Å². The summed E-state index contributed by atoms with van der Waals surface area (Å²) in [5.41, 5.74) is 1.84. The Morgan fingerprint density at radius 3 is 2.57 bits per heavy atom. The average Bonchev–Trinajstić information content (AvgIpc) is 2.14. The highest BCUT2D eigenvalue weighted by molar-refractivity contribution is 4.94. The Kier molecular flexibility index (Phi) is 4.63. The maximum Gasteiger partial charge on any atom is 0.0471 e. The van der Waals surface area contributed by atoms with Crippen LogP contribution in [0.1, 0.15) is 33.6 Å². The molecular formula is C12H23NO. The van der Waals surface area contributed by atoms with Gasteiger partial charge in [0.2, 0.25) is 0 Å². The van der Waals surface area contributed by atoms with Crippen molar-refractivity contribution in [1.29, 1.82) is 0 Å². The van der Waals surface area contributed by atoms with Gasteiger partial charge >= 0.3 is 0 Å². The molecule has 0 bridgehead atoms. The Labute approximate surface area is 87.7 Å². The molecule has 2 heteroatoms. The molecule has 0 aromatic heterocycles. The molecule has 0 unspecified atom stereocenters. The largest absolute Gasteiger partial charge is 0.381 e. The van der Waals surface area contributed by atoms with Crippen molar-refractivity contribution in [2.24, 2.45) is 5.41 Å². The molecule has 1 fully saturated rings. The molecule has 0 aromatic rings. The number of hydrogen-bond acceptors (Lipinski definition) is 2. The van der Waals surface area contributed by atoms with Crippen molar-refractivity contribution in [3.63, 3.8) is 0 Å². The van der Waals surface area contributed by atoms with Gasteiger partial charge in [-0.15, -0.1) is 0 Å². The summed E-state index contributed by atoms with van der Waals surface area (Å²) >= 11 is 0. The summed E-state index contributed by atoms with van der Waals surface area (Å²) in [6.45, 7) is 10.6. The zero-order valence-corrected chi connectivity index (χ0v) is 9.73. The number of allylic oxidation sites excluding steroid dienone is 1. The van der Waals surface area contributed by atoms with E-state index in [1.54, 1.807) is 0 Å². The van der Waals surface area contributed by atoms with Crippen molar-refractivity contribution in [3.05, 3.63) is 11.6 Å². The highest BCUT2D eigenvalue weighted by Crippen LogP contribution is 2.28. The molecule has 0 saturated carbocycles. The predicted octanol–water partition coefficient (Wildman–Crippen LogP) is 2.36. The third-order valence-electron chi connectivity index (χ3n) is 2.91. The molecule has 0 atom stereocenters. The van der Waals surface area contributed by atoms with Crippen LogP contribution in [0.5, 0.6) is 0 Å². The topological polar surface area (TPSA) is 21.3 Å². The van der Waals surface area contributed by atoms with Crippen LogP contribution in [0.25, 0.3) is 0 Å². The minimum absolute atomic E-state index is 0.452. The second-order valence-electron chi connectivity index (χ2n) is 4.84. The van der Waals surface area contributed by atoms with Crippen molar-refractivity contribution in [1.82, 2.24) is 5.32 Å². The van der Waals surface area contributed by atoms with E-state index in [1.807, 2.05) is 0 Å².